The van der Waals surface area contributed by atoms with Gasteiger partial charge in [0.05, 0.1) is 57.0 Å². The maximum absolute atomic E-state index is 10.5. The predicted molar refractivity (Wildman–Crippen MR) is 356 cm³/mol. The van der Waals surface area contributed by atoms with Gasteiger partial charge in [-0.2, -0.15) is 15.8 Å². The summed E-state index contributed by atoms with van der Waals surface area (Å²) in [5.41, 5.74) is 19.5. The van der Waals surface area contributed by atoms with E-state index in [0.717, 1.165) is 105 Å². The molecule has 8 heteroatoms. The molecule has 10 aromatic carbocycles. The minimum atomic E-state index is -0.0911. The van der Waals surface area contributed by atoms with E-state index >= 15 is 0 Å². The maximum atomic E-state index is 10.5. The molecule has 0 unspecified atom stereocenters. The van der Waals surface area contributed by atoms with Gasteiger partial charge in [0, 0.05) is 55.2 Å². The molecule has 13 aromatic rings. The van der Waals surface area contributed by atoms with E-state index in [9.17, 15) is 15.8 Å². The van der Waals surface area contributed by atoms with E-state index in [0.29, 0.717) is 34.2 Å². The number of benzene rings is 10. The van der Waals surface area contributed by atoms with Crippen molar-refractivity contribution in [3.8, 4) is 97.1 Å². The van der Waals surface area contributed by atoms with E-state index < -0.39 is 0 Å². The van der Waals surface area contributed by atoms with Gasteiger partial charge >= 0.3 is 0 Å². The first-order chi connectivity index (χ1) is 41.7. The van der Waals surface area contributed by atoms with Gasteiger partial charge in [0.25, 0.3) is 0 Å². The summed E-state index contributed by atoms with van der Waals surface area (Å²) in [5.74, 6) is 1.26. The Balaban J connectivity index is 1.13. The average molecular weight is 1130 g/mol. The van der Waals surface area contributed by atoms with Crippen molar-refractivity contribution < 1.29 is 0 Å². The Morgan fingerprint density at radius 2 is 0.713 bits per heavy atom. The van der Waals surface area contributed by atoms with E-state index in [1.165, 1.54) is 22.3 Å². The predicted octanol–water partition coefficient (Wildman–Crippen LogP) is 19.9. The Bertz CT molecular complexity index is 5030. The van der Waals surface area contributed by atoms with Crippen molar-refractivity contribution >= 4 is 43.6 Å². The molecule has 0 atom stereocenters. The van der Waals surface area contributed by atoms with Crippen LogP contribution >= 0.6 is 0 Å². The highest BCUT2D eigenvalue weighted by molar-refractivity contribution is 6.11. The van der Waals surface area contributed by atoms with Gasteiger partial charge in [-0.25, -0.2) is 15.0 Å². The van der Waals surface area contributed by atoms with Crippen LogP contribution in [0.3, 0.4) is 0 Å². The van der Waals surface area contributed by atoms with E-state index in [1.54, 1.807) is 0 Å². The molecule has 0 saturated carbocycles. The first-order valence-electron chi connectivity index (χ1n) is 29.6. The Kier molecular flexibility index (Phi) is 13.5. The fraction of sp³-hybridized carbons (Fsp3) is 0.165. The van der Waals surface area contributed by atoms with Gasteiger partial charge in [-0.1, -0.05) is 159 Å². The van der Waals surface area contributed by atoms with Crippen LogP contribution < -0.4 is 0 Å². The third kappa shape index (κ3) is 10.2. The molecule has 0 saturated heterocycles. The second-order valence-electron chi connectivity index (χ2n) is 26.1. The lowest BCUT2D eigenvalue weighted by molar-refractivity contribution is 0.590. The van der Waals surface area contributed by atoms with Gasteiger partial charge in [-0.15, -0.1) is 0 Å². The minimum Gasteiger partial charge on any atom is -0.309 e. The molecule has 0 N–H and O–H groups in total. The Morgan fingerprint density at radius 1 is 0.322 bits per heavy atom. The van der Waals surface area contributed by atoms with Gasteiger partial charge < -0.3 is 9.13 Å². The smallest absolute Gasteiger partial charge is 0.164 e. The molecule has 0 aliphatic rings. The summed E-state index contributed by atoms with van der Waals surface area (Å²) >= 11 is 0. The Labute approximate surface area is 508 Å². The van der Waals surface area contributed by atoms with Crippen molar-refractivity contribution in [2.75, 3.05) is 0 Å². The molecular formula is C79H64N8. The lowest BCUT2D eigenvalue weighted by Crippen LogP contribution is -2.10. The van der Waals surface area contributed by atoms with E-state index in [1.807, 2.05) is 97.1 Å². The number of fused-ring (bicyclic) bond motifs is 6. The van der Waals surface area contributed by atoms with Crippen LogP contribution in [0.25, 0.3) is 123 Å². The first-order valence-corrected chi connectivity index (χ1v) is 29.6. The normalized spacial score (nSPS) is 12.0. The number of nitriles is 3. The molecule has 0 bridgehead atoms. The van der Waals surface area contributed by atoms with Crippen molar-refractivity contribution in [1.82, 2.24) is 24.1 Å². The highest BCUT2D eigenvalue weighted by atomic mass is 15.0. The van der Waals surface area contributed by atoms with E-state index in [4.69, 9.17) is 15.0 Å². The van der Waals surface area contributed by atoms with Crippen LogP contribution in [0.5, 0.6) is 0 Å². The average Bonchev–Trinajstić information content (AvgIpc) is 1.68. The van der Waals surface area contributed by atoms with Crippen LogP contribution in [0.1, 0.15) is 101 Å². The summed E-state index contributed by atoms with van der Waals surface area (Å²) in [6.07, 6.45) is 0. The van der Waals surface area contributed by atoms with Gasteiger partial charge in [-0.3, -0.25) is 0 Å². The molecule has 8 nitrogen and oxygen atoms in total. The summed E-state index contributed by atoms with van der Waals surface area (Å²) in [6.45, 7) is 22.4. The monoisotopic (exact) mass is 1120 g/mol. The third-order valence-electron chi connectivity index (χ3n) is 16.9. The minimum absolute atomic E-state index is 0.0780. The van der Waals surface area contributed by atoms with Crippen molar-refractivity contribution in [1.29, 1.82) is 15.8 Å². The molecule has 0 aliphatic carbocycles. The number of rotatable bonds is 8. The summed E-state index contributed by atoms with van der Waals surface area (Å²) in [6, 6.07) is 78.4. The van der Waals surface area contributed by atoms with Crippen molar-refractivity contribution in [2.24, 2.45) is 0 Å². The molecule has 3 heterocycles. The second kappa shape index (κ2) is 21.1. The topological polar surface area (TPSA) is 120 Å². The largest absolute Gasteiger partial charge is 0.309 e. The van der Waals surface area contributed by atoms with Crippen molar-refractivity contribution in [3.63, 3.8) is 0 Å². The Hall–Kier alpha value is -10.7. The molecular weight excluding hydrogens is 1060 g/mol. The molecule has 0 radical (unpaired) electrons. The van der Waals surface area contributed by atoms with E-state index in [-0.39, 0.29) is 16.2 Å². The molecule has 0 amide bonds. The summed E-state index contributed by atoms with van der Waals surface area (Å²) in [5, 5.41) is 35.7. The van der Waals surface area contributed by atoms with Gasteiger partial charge in [0.15, 0.2) is 17.5 Å². The van der Waals surface area contributed by atoms with Crippen LogP contribution in [0.4, 0.5) is 0 Å². The standard InChI is InChI=1S/C79H64N8/c1-48-25-29-70-66(33-48)67-42-58(77(2,3)4)26-30-71(67)86(70)61-38-54(51-20-15-17-49(34-51)45-80)36-56(40-61)74-83-75(85-76(84-74)65-24-14-13-23-64(65)63-22-12-11-19-53(63)47-82)57-37-55(52-21-16-18-50(35-52)46-81)39-62(41-57)87-72-31-27-59(78(5,6)7)43-68(72)69-44-60(79(8,9)10)28-32-73(69)87/h11-44H,1-10H3. The van der Waals surface area contributed by atoms with Crippen LogP contribution in [0, 0.1) is 40.9 Å². The zero-order chi connectivity index (χ0) is 60.7. The zero-order valence-corrected chi connectivity index (χ0v) is 50.7. The number of nitrogens with zero attached hydrogens (tertiary/aromatic N) is 8. The lowest BCUT2D eigenvalue weighted by Gasteiger charge is -2.19. The van der Waals surface area contributed by atoms with Gasteiger partial charge in [0.2, 0.25) is 0 Å². The zero-order valence-electron chi connectivity index (χ0n) is 50.7. The SMILES string of the molecule is Cc1ccc2c(c1)c1cc(C(C)(C)C)ccc1n2-c1cc(-c2cccc(C#N)c2)cc(-c2nc(-c3cc(-c4cccc(C#N)c4)cc(-n4c5ccc(C(C)(C)C)cc5c5cc(C(C)(C)C)ccc54)c3)nc(-c3ccccc3-c3ccccc3C#N)n2)c1. The fourth-order valence-electron chi connectivity index (χ4n) is 12.2. The molecule has 0 fully saturated rings. The maximum Gasteiger partial charge on any atom is 0.164 e. The van der Waals surface area contributed by atoms with Crippen LogP contribution in [-0.2, 0) is 16.2 Å². The second-order valence-corrected chi connectivity index (χ2v) is 26.1. The van der Waals surface area contributed by atoms with Crippen LogP contribution in [-0.4, -0.2) is 24.1 Å². The van der Waals surface area contributed by atoms with Gasteiger partial charge in [0.1, 0.15) is 0 Å². The summed E-state index contributed by atoms with van der Waals surface area (Å²) in [4.78, 5) is 16.6. The number of aromatic nitrogens is 5. The molecule has 13 rings (SSSR count). The molecule has 3 aromatic heterocycles. The summed E-state index contributed by atoms with van der Waals surface area (Å²) in [7, 11) is 0. The molecule has 87 heavy (non-hydrogen) atoms. The fourth-order valence-corrected chi connectivity index (χ4v) is 12.2. The molecule has 420 valence electrons. The highest BCUT2D eigenvalue weighted by Gasteiger charge is 2.25. The third-order valence-corrected chi connectivity index (χ3v) is 16.9. The number of hydrogen-bond acceptors (Lipinski definition) is 6. The van der Waals surface area contributed by atoms with Crippen molar-refractivity contribution in [2.45, 2.75) is 85.5 Å². The number of aryl methyl sites for hydroxylation is 1. The van der Waals surface area contributed by atoms with Gasteiger partial charge in [-0.05, 0) is 183 Å². The first kappa shape index (κ1) is 55.5. The highest BCUT2D eigenvalue weighted by Crippen LogP contribution is 2.43. The Morgan fingerprint density at radius 3 is 1.15 bits per heavy atom. The van der Waals surface area contributed by atoms with E-state index in [2.05, 4.69) is 206 Å². The summed E-state index contributed by atoms with van der Waals surface area (Å²) < 4.78 is 4.69. The molecule has 0 spiro atoms. The quantitative estimate of drug-likeness (QED) is 0.149. The van der Waals surface area contributed by atoms with Crippen LogP contribution in [0.15, 0.2) is 206 Å². The number of hydrogen-bond donors (Lipinski definition) is 0. The van der Waals surface area contributed by atoms with Crippen LogP contribution in [0.2, 0.25) is 0 Å². The lowest BCUT2D eigenvalue weighted by atomic mass is 9.85. The van der Waals surface area contributed by atoms with Crippen molar-refractivity contribution in [3.05, 3.63) is 245 Å². The molecule has 0 aliphatic heterocycles.